The molecule has 0 bridgehead atoms. The van der Waals surface area contributed by atoms with Crippen molar-refractivity contribution < 1.29 is 0 Å². The molecule has 0 aliphatic heterocycles. The number of benzene rings is 2. The third-order valence-electron chi connectivity index (χ3n) is 3.23. The van der Waals surface area contributed by atoms with Crippen LogP contribution in [0, 0.1) is 6.92 Å². The minimum atomic E-state index is 0.123. The fraction of sp³-hybridized carbons (Fsp3) is 0.250. The summed E-state index contributed by atoms with van der Waals surface area (Å²) in [7, 11) is 0. The van der Waals surface area contributed by atoms with Crippen molar-refractivity contribution >= 4 is 11.6 Å². The van der Waals surface area contributed by atoms with Gasteiger partial charge in [-0.15, -0.1) is 0 Å². The van der Waals surface area contributed by atoms with E-state index in [4.69, 9.17) is 17.4 Å². The molecule has 100 valence electrons. The number of rotatable bonds is 5. The quantitative estimate of drug-likeness (QED) is 0.643. The van der Waals surface area contributed by atoms with Crippen molar-refractivity contribution in [1.82, 2.24) is 5.43 Å². The molecule has 2 aromatic carbocycles. The Balaban J connectivity index is 2.07. The van der Waals surface area contributed by atoms with Gasteiger partial charge < -0.3 is 0 Å². The lowest BCUT2D eigenvalue weighted by Gasteiger charge is -2.17. The van der Waals surface area contributed by atoms with Gasteiger partial charge >= 0.3 is 0 Å². The van der Waals surface area contributed by atoms with Gasteiger partial charge in [0.05, 0.1) is 0 Å². The van der Waals surface area contributed by atoms with Gasteiger partial charge in [0.2, 0.25) is 0 Å². The summed E-state index contributed by atoms with van der Waals surface area (Å²) in [5.41, 5.74) is 6.50. The number of hydrogen-bond donors (Lipinski definition) is 2. The Kier molecular flexibility index (Phi) is 4.97. The van der Waals surface area contributed by atoms with E-state index in [-0.39, 0.29) is 6.04 Å². The smallest absolute Gasteiger partial charge is 0.0463 e. The summed E-state index contributed by atoms with van der Waals surface area (Å²) in [5, 5.41) is 0.759. The lowest BCUT2D eigenvalue weighted by Crippen LogP contribution is -2.28. The fourth-order valence-electron chi connectivity index (χ4n) is 2.27. The van der Waals surface area contributed by atoms with Crippen molar-refractivity contribution in [3.8, 4) is 0 Å². The Labute approximate surface area is 119 Å². The van der Waals surface area contributed by atoms with Crippen molar-refractivity contribution in [1.29, 1.82) is 0 Å². The molecule has 0 saturated heterocycles. The Morgan fingerprint density at radius 1 is 1.16 bits per heavy atom. The highest BCUT2D eigenvalue weighted by atomic mass is 35.5. The minimum Gasteiger partial charge on any atom is -0.271 e. The van der Waals surface area contributed by atoms with Crippen LogP contribution < -0.4 is 11.3 Å². The molecule has 0 heterocycles. The average molecular weight is 275 g/mol. The van der Waals surface area contributed by atoms with Crippen molar-refractivity contribution in [2.75, 3.05) is 0 Å². The molecule has 3 N–H and O–H groups in total. The molecule has 0 aliphatic carbocycles. The SMILES string of the molecule is Cc1cc(Cl)cc(C(CCc2ccccc2)NN)c1. The normalized spacial score (nSPS) is 12.4. The molecule has 2 rings (SSSR count). The van der Waals surface area contributed by atoms with E-state index >= 15 is 0 Å². The first-order valence-corrected chi connectivity index (χ1v) is 6.84. The molecule has 0 aliphatic rings. The summed E-state index contributed by atoms with van der Waals surface area (Å²) in [5.74, 6) is 5.68. The Bertz CT molecular complexity index is 505. The fourth-order valence-corrected chi connectivity index (χ4v) is 2.57. The molecule has 0 radical (unpaired) electrons. The largest absolute Gasteiger partial charge is 0.271 e. The van der Waals surface area contributed by atoms with Crippen LogP contribution in [0.1, 0.15) is 29.2 Å². The summed E-state index contributed by atoms with van der Waals surface area (Å²) in [6.45, 7) is 2.04. The highest BCUT2D eigenvalue weighted by Crippen LogP contribution is 2.23. The predicted octanol–water partition coefficient (Wildman–Crippen LogP) is 3.79. The second-order valence-corrected chi connectivity index (χ2v) is 5.24. The topological polar surface area (TPSA) is 38.0 Å². The van der Waals surface area contributed by atoms with Crippen LogP contribution in [0.25, 0.3) is 0 Å². The summed E-state index contributed by atoms with van der Waals surface area (Å²) in [6.07, 6.45) is 1.93. The maximum atomic E-state index is 6.10. The summed E-state index contributed by atoms with van der Waals surface area (Å²) in [6, 6.07) is 16.6. The predicted molar refractivity (Wildman–Crippen MR) is 81.0 cm³/mol. The second kappa shape index (κ2) is 6.71. The maximum absolute atomic E-state index is 6.10. The van der Waals surface area contributed by atoms with Gasteiger partial charge in [0.25, 0.3) is 0 Å². The van der Waals surface area contributed by atoms with E-state index < -0.39 is 0 Å². The van der Waals surface area contributed by atoms with Gasteiger partial charge in [0.15, 0.2) is 0 Å². The Hall–Kier alpha value is -1.35. The molecule has 1 unspecified atom stereocenters. The molecule has 19 heavy (non-hydrogen) atoms. The average Bonchev–Trinajstić information content (AvgIpc) is 2.39. The summed E-state index contributed by atoms with van der Waals surface area (Å²) in [4.78, 5) is 0. The number of nitrogens with one attached hydrogen (secondary N) is 1. The first kappa shape index (κ1) is 14.1. The molecule has 0 saturated carbocycles. The third-order valence-corrected chi connectivity index (χ3v) is 3.45. The van der Waals surface area contributed by atoms with E-state index in [0.29, 0.717) is 0 Å². The molecule has 0 amide bonds. The van der Waals surface area contributed by atoms with E-state index in [1.54, 1.807) is 0 Å². The van der Waals surface area contributed by atoms with E-state index in [0.717, 1.165) is 29.0 Å². The number of halogens is 1. The Morgan fingerprint density at radius 3 is 2.53 bits per heavy atom. The molecule has 0 fully saturated rings. The number of nitrogens with two attached hydrogens (primary N) is 1. The van der Waals surface area contributed by atoms with E-state index in [1.165, 1.54) is 5.56 Å². The molecule has 0 aromatic heterocycles. The molecular formula is C16H19ClN2. The van der Waals surface area contributed by atoms with E-state index in [9.17, 15) is 0 Å². The van der Waals surface area contributed by atoms with Crippen LogP contribution in [-0.4, -0.2) is 0 Å². The highest BCUT2D eigenvalue weighted by molar-refractivity contribution is 6.30. The van der Waals surface area contributed by atoms with Gasteiger partial charge in [0, 0.05) is 11.1 Å². The lowest BCUT2D eigenvalue weighted by molar-refractivity contribution is 0.516. The highest BCUT2D eigenvalue weighted by Gasteiger charge is 2.11. The lowest BCUT2D eigenvalue weighted by atomic mass is 9.98. The molecule has 3 heteroatoms. The Morgan fingerprint density at radius 2 is 1.89 bits per heavy atom. The van der Waals surface area contributed by atoms with Crippen LogP contribution >= 0.6 is 11.6 Å². The van der Waals surface area contributed by atoms with Gasteiger partial charge in [-0.05, 0) is 48.6 Å². The molecule has 2 nitrogen and oxygen atoms in total. The number of hydrogen-bond acceptors (Lipinski definition) is 2. The molecular weight excluding hydrogens is 256 g/mol. The van der Waals surface area contributed by atoms with Crippen LogP contribution in [0.15, 0.2) is 48.5 Å². The van der Waals surface area contributed by atoms with Crippen molar-refractivity contribution in [3.63, 3.8) is 0 Å². The van der Waals surface area contributed by atoms with Crippen LogP contribution in [0.4, 0.5) is 0 Å². The van der Waals surface area contributed by atoms with Crippen molar-refractivity contribution in [2.45, 2.75) is 25.8 Å². The standard InChI is InChI=1S/C16H19ClN2/c1-12-9-14(11-15(17)10-12)16(19-18)8-7-13-5-3-2-4-6-13/h2-6,9-11,16,19H,7-8,18H2,1H3. The van der Waals surface area contributed by atoms with E-state index in [1.807, 2.05) is 25.1 Å². The van der Waals surface area contributed by atoms with Crippen LogP contribution in [0.5, 0.6) is 0 Å². The van der Waals surface area contributed by atoms with Crippen LogP contribution in [0.3, 0.4) is 0 Å². The monoisotopic (exact) mass is 274 g/mol. The van der Waals surface area contributed by atoms with Gasteiger partial charge in [-0.1, -0.05) is 48.0 Å². The van der Waals surface area contributed by atoms with Crippen molar-refractivity contribution in [2.24, 2.45) is 5.84 Å². The molecule has 2 aromatic rings. The summed E-state index contributed by atoms with van der Waals surface area (Å²) < 4.78 is 0. The van der Waals surface area contributed by atoms with Crippen LogP contribution in [-0.2, 0) is 6.42 Å². The molecule has 1 atom stereocenters. The van der Waals surface area contributed by atoms with Gasteiger partial charge in [-0.2, -0.15) is 0 Å². The zero-order valence-corrected chi connectivity index (χ0v) is 11.8. The zero-order chi connectivity index (χ0) is 13.7. The van der Waals surface area contributed by atoms with Gasteiger partial charge in [0.1, 0.15) is 0 Å². The zero-order valence-electron chi connectivity index (χ0n) is 11.1. The second-order valence-electron chi connectivity index (χ2n) is 4.81. The number of aryl methyl sites for hydroxylation is 2. The van der Waals surface area contributed by atoms with Crippen molar-refractivity contribution in [3.05, 3.63) is 70.2 Å². The maximum Gasteiger partial charge on any atom is 0.0463 e. The third kappa shape index (κ3) is 4.06. The van der Waals surface area contributed by atoms with E-state index in [2.05, 4.69) is 35.8 Å². The van der Waals surface area contributed by atoms with Crippen LogP contribution in [0.2, 0.25) is 5.02 Å². The molecule has 0 spiro atoms. The number of hydrazine groups is 1. The first-order valence-electron chi connectivity index (χ1n) is 6.46. The minimum absolute atomic E-state index is 0.123. The first-order chi connectivity index (χ1) is 9.19. The summed E-state index contributed by atoms with van der Waals surface area (Å²) >= 11 is 6.10. The van der Waals surface area contributed by atoms with Gasteiger partial charge in [-0.25, -0.2) is 0 Å². The van der Waals surface area contributed by atoms with Gasteiger partial charge in [-0.3, -0.25) is 11.3 Å².